The fraction of sp³-hybridized carbons (Fsp3) is 0.778. The summed E-state index contributed by atoms with van der Waals surface area (Å²) in [4.78, 5) is 16.6. The van der Waals surface area contributed by atoms with Crippen LogP contribution < -0.4 is 11.5 Å². The van der Waals surface area contributed by atoms with Crippen LogP contribution >= 0.6 is 0 Å². The molecule has 0 rings (SSSR count). The Balaban J connectivity index is 3.36. The Morgan fingerprint density at radius 3 is 2.50 bits per heavy atom. The van der Waals surface area contributed by atoms with Gasteiger partial charge in [-0.2, -0.15) is 0 Å². The summed E-state index contributed by atoms with van der Waals surface area (Å²) in [6.45, 7) is 3.67. The van der Waals surface area contributed by atoms with Gasteiger partial charge in [-0.1, -0.05) is 0 Å². The topological polar surface area (TPSA) is 84.7 Å². The highest BCUT2D eigenvalue weighted by atomic mass is 16.1. The molecule has 0 atom stereocenters. The van der Waals surface area contributed by atoms with Crippen LogP contribution in [-0.4, -0.2) is 43.3 Å². The van der Waals surface area contributed by atoms with Gasteiger partial charge in [-0.05, 0) is 33.4 Å². The molecule has 0 aromatic carbocycles. The Morgan fingerprint density at radius 2 is 2.00 bits per heavy atom. The number of aliphatic imine (C=N–C) groups is 1. The minimum Gasteiger partial charge on any atom is -0.370 e. The maximum Gasteiger partial charge on any atom is 0.185 e. The van der Waals surface area contributed by atoms with Gasteiger partial charge in [-0.15, -0.1) is 0 Å². The van der Waals surface area contributed by atoms with Gasteiger partial charge >= 0.3 is 0 Å². The smallest absolute Gasteiger partial charge is 0.185 e. The largest absolute Gasteiger partial charge is 0.370 e. The second-order valence-electron chi connectivity index (χ2n) is 3.45. The average molecular weight is 200 g/mol. The van der Waals surface area contributed by atoms with E-state index >= 15 is 0 Å². The summed E-state index contributed by atoms with van der Waals surface area (Å²) in [5, 5.41) is 0. The number of hydrogen-bond donors (Lipinski definition) is 2. The zero-order valence-electron chi connectivity index (χ0n) is 8.99. The van der Waals surface area contributed by atoms with E-state index in [-0.39, 0.29) is 11.7 Å². The summed E-state index contributed by atoms with van der Waals surface area (Å²) in [5.41, 5.74) is 10.3. The number of ketones is 1. The van der Waals surface area contributed by atoms with Gasteiger partial charge < -0.3 is 11.5 Å². The normalized spacial score (nSPS) is 10.2. The molecule has 5 nitrogen and oxygen atoms in total. The molecule has 0 bridgehead atoms. The molecule has 82 valence electrons. The first-order valence-electron chi connectivity index (χ1n) is 4.75. The third-order valence-corrected chi connectivity index (χ3v) is 1.73. The summed E-state index contributed by atoms with van der Waals surface area (Å²) in [5.74, 6) is 0.332. The number of carbonyl (C=O) groups excluding carboxylic acids is 1. The highest BCUT2D eigenvalue weighted by Crippen LogP contribution is 1.93. The highest BCUT2D eigenvalue weighted by Gasteiger charge is 2.00. The number of nitrogens with zero attached hydrogens (tertiary/aromatic N) is 2. The van der Waals surface area contributed by atoms with E-state index in [0.717, 1.165) is 19.4 Å². The number of rotatable bonds is 7. The lowest BCUT2D eigenvalue weighted by molar-refractivity contribution is -0.117. The van der Waals surface area contributed by atoms with Crippen molar-refractivity contribution in [1.82, 2.24) is 4.90 Å². The molecule has 0 unspecified atom stereocenters. The van der Waals surface area contributed by atoms with Crippen molar-refractivity contribution in [2.75, 3.05) is 26.7 Å². The molecular formula is C9H20N4O. The van der Waals surface area contributed by atoms with Gasteiger partial charge in [0.15, 0.2) is 5.96 Å². The summed E-state index contributed by atoms with van der Waals surface area (Å²) < 4.78 is 0. The van der Waals surface area contributed by atoms with Gasteiger partial charge in [-0.25, -0.2) is 0 Å². The van der Waals surface area contributed by atoms with E-state index in [1.165, 1.54) is 0 Å². The molecule has 0 aliphatic rings. The summed E-state index contributed by atoms with van der Waals surface area (Å²) in [6, 6.07) is 0. The molecule has 0 spiro atoms. The number of Topliss-reactive ketones (excluding diaryl/α,β-unsaturated/α-hetero) is 1. The van der Waals surface area contributed by atoms with E-state index in [4.69, 9.17) is 11.5 Å². The van der Waals surface area contributed by atoms with Crippen molar-refractivity contribution in [3.8, 4) is 0 Å². The first-order chi connectivity index (χ1) is 6.52. The van der Waals surface area contributed by atoms with Crippen molar-refractivity contribution in [2.24, 2.45) is 16.5 Å². The van der Waals surface area contributed by atoms with Gasteiger partial charge in [-0.3, -0.25) is 14.7 Å². The van der Waals surface area contributed by atoms with E-state index < -0.39 is 0 Å². The number of unbranched alkanes of at least 4 members (excludes halogenated alkanes) is 1. The minimum atomic E-state index is 0.141. The van der Waals surface area contributed by atoms with E-state index in [1.807, 2.05) is 11.9 Å². The van der Waals surface area contributed by atoms with Crippen molar-refractivity contribution in [3.05, 3.63) is 0 Å². The molecule has 0 aliphatic heterocycles. The molecule has 0 radical (unpaired) electrons. The first-order valence-corrected chi connectivity index (χ1v) is 4.75. The summed E-state index contributed by atoms with van der Waals surface area (Å²) in [6.07, 6.45) is 1.95. The second kappa shape index (κ2) is 7.32. The lowest BCUT2D eigenvalue weighted by Crippen LogP contribution is -2.25. The molecule has 0 heterocycles. The van der Waals surface area contributed by atoms with Crippen LogP contribution in [-0.2, 0) is 4.79 Å². The maximum atomic E-state index is 10.7. The zero-order valence-corrected chi connectivity index (χ0v) is 8.99. The SMILES string of the molecule is CC(=O)CN(C)CCCCN=C(N)N. The molecule has 0 aliphatic carbocycles. The Hall–Kier alpha value is -1.10. The monoisotopic (exact) mass is 200 g/mol. The number of nitrogens with two attached hydrogens (primary N) is 2. The number of carbonyl (C=O) groups is 1. The minimum absolute atomic E-state index is 0.141. The zero-order chi connectivity index (χ0) is 11.0. The number of likely N-dealkylation sites (N-methyl/N-ethyl adjacent to an activating group) is 1. The third-order valence-electron chi connectivity index (χ3n) is 1.73. The predicted octanol–water partition coefficient (Wildman–Crippen LogP) is -0.439. The molecule has 0 aromatic heterocycles. The Labute approximate surface area is 85.2 Å². The first kappa shape index (κ1) is 12.9. The van der Waals surface area contributed by atoms with Crippen molar-refractivity contribution < 1.29 is 4.79 Å². The highest BCUT2D eigenvalue weighted by molar-refractivity contribution is 5.77. The van der Waals surface area contributed by atoms with Crippen LogP contribution in [0.1, 0.15) is 19.8 Å². The van der Waals surface area contributed by atoms with Crippen molar-refractivity contribution in [3.63, 3.8) is 0 Å². The second-order valence-corrected chi connectivity index (χ2v) is 3.45. The summed E-state index contributed by atoms with van der Waals surface area (Å²) >= 11 is 0. The molecular weight excluding hydrogens is 180 g/mol. The van der Waals surface area contributed by atoms with Crippen molar-refractivity contribution in [2.45, 2.75) is 19.8 Å². The average Bonchev–Trinajstić information content (AvgIpc) is 2.01. The van der Waals surface area contributed by atoms with Crippen LogP contribution in [0.2, 0.25) is 0 Å². The molecule has 4 N–H and O–H groups in total. The van der Waals surface area contributed by atoms with Gasteiger partial charge in [0.2, 0.25) is 0 Å². The van der Waals surface area contributed by atoms with Crippen LogP contribution in [0.15, 0.2) is 4.99 Å². The predicted molar refractivity (Wildman–Crippen MR) is 58.1 cm³/mol. The van der Waals surface area contributed by atoms with E-state index in [1.54, 1.807) is 6.92 Å². The van der Waals surface area contributed by atoms with Crippen LogP contribution in [0.3, 0.4) is 0 Å². The Kier molecular flexibility index (Phi) is 6.74. The fourth-order valence-corrected chi connectivity index (χ4v) is 1.16. The molecule has 0 amide bonds. The Morgan fingerprint density at radius 1 is 1.36 bits per heavy atom. The van der Waals surface area contributed by atoms with Crippen molar-refractivity contribution >= 4 is 11.7 Å². The van der Waals surface area contributed by atoms with Crippen LogP contribution in [0.5, 0.6) is 0 Å². The van der Waals surface area contributed by atoms with Crippen LogP contribution in [0.4, 0.5) is 0 Å². The van der Waals surface area contributed by atoms with Gasteiger partial charge in [0.05, 0.1) is 6.54 Å². The Bertz CT molecular complexity index is 199. The summed E-state index contributed by atoms with van der Waals surface area (Å²) in [7, 11) is 1.93. The molecule has 14 heavy (non-hydrogen) atoms. The molecule has 0 saturated heterocycles. The van der Waals surface area contributed by atoms with Crippen molar-refractivity contribution in [1.29, 1.82) is 0 Å². The molecule has 0 saturated carbocycles. The number of guanidine groups is 1. The molecule has 5 heteroatoms. The standard InChI is InChI=1S/C9H20N4O/c1-8(14)7-13(2)6-4-3-5-12-9(10)11/h3-7H2,1-2H3,(H4,10,11,12). The number of hydrogen-bond acceptors (Lipinski definition) is 3. The third kappa shape index (κ3) is 8.99. The fourth-order valence-electron chi connectivity index (χ4n) is 1.16. The lowest BCUT2D eigenvalue weighted by Gasteiger charge is -2.13. The maximum absolute atomic E-state index is 10.7. The van der Waals surface area contributed by atoms with Gasteiger partial charge in [0.1, 0.15) is 5.78 Å². The van der Waals surface area contributed by atoms with E-state index in [9.17, 15) is 4.79 Å². The molecule has 0 fully saturated rings. The van der Waals surface area contributed by atoms with E-state index in [2.05, 4.69) is 4.99 Å². The van der Waals surface area contributed by atoms with Gasteiger partial charge in [0, 0.05) is 6.54 Å². The lowest BCUT2D eigenvalue weighted by atomic mass is 10.3. The van der Waals surface area contributed by atoms with E-state index in [0.29, 0.717) is 13.1 Å². The van der Waals surface area contributed by atoms with Crippen LogP contribution in [0, 0.1) is 0 Å². The van der Waals surface area contributed by atoms with Crippen LogP contribution in [0.25, 0.3) is 0 Å². The van der Waals surface area contributed by atoms with Gasteiger partial charge in [0.25, 0.3) is 0 Å². The quantitative estimate of drug-likeness (QED) is 0.331. The molecule has 0 aromatic rings.